The van der Waals surface area contributed by atoms with Crippen LogP contribution in [0, 0.1) is 0 Å². The molecule has 1 aromatic heterocycles. The topological polar surface area (TPSA) is 63.4 Å². The molecule has 0 saturated carbocycles. The van der Waals surface area contributed by atoms with Crippen LogP contribution in [0.15, 0.2) is 41.5 Å². The van der Waals surface area contributed by atoms with Crippen molar-refractivity contribution in [2.24, 2.45) is 0 Å². The molecule has 0 aliphatic carbocycles. The number of aromatic nitrogens is 1. The van der Waals surface area contributed by atoms with E-state index >= 15 is 0 Å². The van der Waals surface area contributed by atoms with E-state index in [-0.39, 0.29) is 11.5 Å². The highest BCUT2D eigenvalue weighted by Gasteiger charge is 2.20. The first-order valence-corrected chi connectivity index (χ1v) is 6.95. The zero-order chi connectivity index (χ0) is 14.7. The van der Waals surface area contributed by atoms with Gasteiger partial charge in [0.2, 0.25) is 0 Å². The van der Waals surface area contributed by atoms with E-state index in [1.807, 2.05) is 18.2 Å². The monoisotopic (exact) mass is 286 g/mol. The third-order valence-corrected chi connectivity index (χ3v) is 3.67. The maximum atomic E-state index is 11.7. The summed E-state index contributed by atoms with van der Waals surface area (Å²) < 4.78 is 11.0. The fraction of sp³-hybridized carbons (Fsp3) is 0.312. The number of hydrogen-bond acceptors (Lipinski definition) is 4. The lowest BCUT2D eigenvalue weighted by molar-refractivity contribution is 0.236. The molecule has 1 atom stereocenters. The largest absolute Gasteiger partial charge is 0.497 e. The van der Waals surface area contributed by atoms with Crippen LogP contribution < -0.4 is 20.2 Å². The third-order valence-electron chi connectivity index (χ3n) is 3.67. The van der Waals surface area contributed by atoms with Gasteiger partial charge >= 0.3 is 0 Å². The van der Waals surface area contributed by atoms with E-state index in [4.69, 9.17) is 9.47 Å². The van der Waals surface area contributed by atoms with Gasteiger partial charge in [-0.1, -0.05) is 6.07 Å². The van der Waals surface area contributed by atoms with Crippen LogP contribution >= 0.6 is 0 Å². The highest BCUT2D eigenvalue weighted by Crippen LogP contribution is 2.29. The van der Waals surface area contributed by atoms with E-state index < -0.39 is 0 Å². The molecule has 5 nitrogen and oxygen atoms in total. The second kappa shape index (κ2) is 6.01. The lowest BCUT2D eigenvalue weighted by atomic mass is 10.0. The average Bonchev–Trinajstić information content (AvgIpc) is 2.53. The number of fused-ring (bicyclic) bond motifs is 1. The van der Waals surface area contributed by atoms with Gasteiger partial charge in [0.1, 0.15) is 18.1 Å². The van der Waals surface area contributed by atoms with Crippen molar-refractivity contribution in [1.82, 2.24) is 10.3 Å². The number of benzene rings is 1. The van der Waals surface area contributed by atoms with E-state index in [1.165, 1.54) is 6.07 Å². The molecule has 2 heterocycles. The van der Waals surface area contributed by atoms with Gasteiger partial charge < -0.3 is 19.8 Å². The number of H-pyrrole nitrogens is 1. The predicted molar refractivity (Wildman–Crippen MR) is 79.9 cm³/mol. The van der Waals surface area contributed by atoms with Gasteiger partial charge in [-0.2, -0.15) is 0 Å². The molecule has 0 radical (unpaired) electrons. The standard InChI is InChI=1S/C16H18N2O3/c1-20-14-3-2-11-6-13(10-21-16(11)7-14)18-9-12-8-17-5-4-15(12)19/h2-5,7-8,13,18H,6,9-10H2,1H3,(H,17,19). The normalized spacial score (nSPS) is 16.9. The molecule has 21 heavy (non-hydrogen) atoms. The Labute approximate surface area is 122 Å². The molecule has 1 aliphatic heterocycles. The van der Waals surface area contributed by atoms with Crippen LogP contribution in [0.1, 0.15) is 11.1 Å². The Morgan fingerprint density at radius 2 is 2.33 bits per heavy atom. The molecule has 3 rings (SSSR count). The first kappa shape index (κ1) is 13.7. The third kappa shape index (κ3) is 3.08. The van der Waals surface area contributed by atoms with Crippen molar-refractivity contribution < 1.29 is 9.47 Å². The average molecular weight is 286 g/mol. The second-order valence-electron chi connectivity index (χ2n) is 5.10. The van der Waals surface area contributed by atoms with Crippen LogP contribution in [0.25, 0.3) is 0 Å². The van der Waals surface area contributed by atoms with E-state index in [2.05, 4.69) is 10.3 Å². The molecule has 110 valence electrons. The Bertz CT molecular complexity index is 681. The lowest BCUT2D eigenvalue weighted by Crippen LogP contribution is -2.39. The number of nitrogens with one attached hydrogen (secondary N) is 2. The van der Waals surface area contributed by atoms with Crippen LogP contribution in [0.5, 0.6) is 11.5 Å². The van der Waals surface area contributed by atoms with Crippen LogP contribution in [0.2, 0.25) is 0 Å². The molecule has 1 aliphatic rings. The summed E-state index contributed by atoms with van der Waals surface area (Å²) in [7, 11) is 1.65. The van der Waals surface area contributed by atoms with Crippen LogP contribution in [-0.2, 0) is 13.0 Å². The van der Waals surface area contributed by atoms with Gasteiger partial charge in [-0.05, 0) is 18.1 Å². The lowest BCUT2D eigenvalue weighted by Gasteiger charge is -2.26. The Morgan fingerprint density at radius 1 is 1.43 bits per heavy atom. The molecule has 1 unspecified atom stereocenters. The molecule has 0 spiro atoms. The maximum Gasteiger partial charge on any atom is 0.186 e. The first-order valence-electron chi connectivity index (χ1n) is 6.95. The van der Waals surface area contributed by atoms with Gasteiger partial charge in [-0.3, -0.25) is 4.79 Å². The second-order valence-corrected chi connectivity index (χ2v) is 5.10. The summed E-state index contributed by atoms with van der Waals surface area (Å²) in [6.45, 7) is 1.13. The van der Waals surface area contributed by atoms with Crippen LogP contribution in [0.3, 0.4) is 0 Å². The molecule has 2 aromatic rings. The number of methoxy groups -OCH3 is 1. The number of aromatic amines is 1. The minimum absolute atomic E-state index is 0.0446. The summed E-state index contributed by atoms with van der Waals surface area (Å²) in [6, 6.07) is 7.61. The SMILES string of the molecule is COc1ccc2c(c1)OCC(NCc1c[nH]ccc1=O)C2. The summed E-state index contributed by atoms with van der Waals surface area (Å²) in [4.78, 5) is 14.6. The minimum Gasteiger partial charge on any atom is -0.497 e. The van der Waals surface area contributed by atoms with Crippen LogP contribution in [0.4, 0.5) is 0 Å². The maximum absolute atomic E-state index is 11.7. The van der Waals surface area contributed by atoms with Crippen molar-refractivity contribution in [2.45, 2.75) is 19.0 Å². The van der Waals surface area contributed by atoms with Crippen molar-refractivity contribution in [2.75, 3.05) is 13.7 Å². The van der Waals surface area contributed by atoms with Gasteiger partial charge in [0.05, 0.1) is 7.11 Å². The number of pyridine rings is 1. The molecule has 0 amide bonds. The number of hydrogen-bond donors (Lipinski definition) is 2. The van der Waals surface area contributed by atoms with Gasteiger partial charge in [0.25, 0.3) is 0 Å². The smallest absolute Gasteiger partial charge is 0.186 e. The molecule has 0 fully saturated rings. The summed E-state index contributed by atoms with van der Waals surface area (Å²) in [5, 5.41) is 3.37. The number of ether oxygens (including phenoxy) is 2. The predicted octanol–water partition coefficient (Wildman–Crippen LogP) is 1.48. The fourth-order valence-corrected chi connectivity index (χ4v) is 2.45. The quantitative estimate of drug-likeness (QED) is 0.893. The fourth-order valence-electron chi connectivity index (χ4n) is 2.45. The Balaban J connectivity index is 1.64. The highest BCUT2D eigenvalue weighted by atomic mass is 16.5. The van der Waals surface area contributed by atoms with Gasteiger partial charge in [0, 0.05) is 42.7 Å². The molecule has 2 N–H and O–H groups in total. The summed E-state index contributed by atoms with van der Waals surface area (Å²) in [5.41, 5.74) is 1.93. The Kier molecular flexibility index (Phi) is 3.92. The first-order chi connectivity index (χ1) is 10.3. The molecule has 5 heteroatoms. The molecule has 0 bridgehead atoms. The van der Waals surface area contributed by atoms with Gasteiger partial charge in [0.15, 0.2) is 5.43 Å². The van der Waals surface area contributed by atoms with Crippen molar-refractivity contribution in [1.29, 1.82) is 0 Å². The van der Waals surface area contributed by atoms with Crippen LogP contribution in [-0.4, -0.2) is 24.7 Å². The summed E-state index contributed by atoms with van der Waals surface area (Å²) in [6.07, 6.45) is 4.25. The van der Waals surface area contributed by atoms with E-state index in [0.29, 0.717) is 13.2 Å². The minimum atomic E-state index is 0.0446. The molecular formula is C16H18N2O3. The highest BCUT2D eigenvalue weighted by molar-refractivity contribution is 5.42. The van der Waals surface area contributed by atoms with Gasteiger partial charge in [-0.25, -0.2) is 0 Å². The Morgan fingerprint density at radius 3 is 3.14 bits per heavy atom. The zero-order valence-electron chi connectivity index (χ0n) is 11.9. The summed E-state index contributed by atoms with van der Waals surface area (Å²) >= 11 is 0. The van der Waals surface area contributed by atoms with Crippen molar-refractivity contribution in [3.63, 3.8) is 0 Å². The molecule has 0 saturated heterocycles. The molecule has 1 aromatic carbocycles. The zero-order valence-corrected chi connectivity index (χ0v) is 11.9. The number of rotatable bonds is 4. The van der Waals surface area contributed by atoms with Crippen molar-refractivity contribution >= 4 is 0 Å². The van der Waals surface area contributed by atoms with Crippen molar-refractivity contribution in [3.8, 4) is 11.5 Å². The van der Waals surface area contributed by atoms with Gasteiger partial charge in [-0.15, -0.1) is 0 Å². The van der Waals surface area contributed by atoms with E-state index in [1.54, 1.807) is 19.5 Å². The Hall–Kier alpha value is -2.27. The summed E-state index contributed by atoms with van der Waals surface area (Å²) in [5.74, 6) is 1.68. The van der Waals surface area contributed by atoms with E-state index in [0.717, 1.165) is 29.0 Å². The van der Waals surface area contributed by atoms with Crippen molar-refractivity contribution in [3.05, 3.63) is 58.0 Å². The molecular weight excluding hydrogens is 268 g/mol. The van der Waals surface area contributed by atoms with E-state index in [9.17, 15) is 4.79 Å².